The lowest BCUT2D eigenvalue weighted by molar-refractivity contribution is -0.168. The fourth-order valence-corrected chi connectivity index (χ4v) is 3.04. The molecule has 1 fully saturated rings. The van der Waals surface area contributed by atoms with Crippen LogP contribution in [0.2, 0.25) is 0 Å². The average Bonchev–Trinajstić information content (AvgIpc) is 3.02. The molecule has 0 amide bonds. The predicted octanol–water partition coefficient (Wildman–Crippen LogP) is 4.82. The highest BCUT2D eigenvalue weighted by molar-refractivity contribution is 4.98. The van der Waals surface area contributed by atoms with Crippen molar-refractivity contribution in [3.05, 3.63) is 0 Å². The summed E-state index contributed by atoms with van der Waals surface area (Å²) in [5.74, 6) is 6.03. The van der Waals surface area contributed by atoms with Gasteiger partial charge in [-0.2, -0.15) is 0 Å². The minimum Gasteiger partial charge on any atom is -0.396 e. The topological polar surface area (TPSA) is 38.7 Å². The molecule has 0 aromatic rings. The van der Waals surface area contributed by atoms with Crippen LogP contribution in [0.3, 0.4) is 0 Å². The smallest absolute Gasteiger partial charge is 0.168 e. The molecule has 1 aliphatic heterocycles. The summed E-state index contributed by atoms with van der Waals surface area (Å²) in [6.45, 7) is 4.02. The van der Waals surface area contributed by atoms with Gasteiger partial charge in [-0.1, -0.05) is 39.0 Å². The molecule has 0 spiro atoms. The molecule has 3 nitrogen and oxygen atoms in total. The summed E-state index contributed by atoms with van der Waals surface area (Å²) in [5, 5.41) is 8.67. The summed E-state index contributed by atoms with van der Waals surface area (Å²) >= 11 is 0. The molecular weight excluding hydrogens is 288 g/mol. The van der Waals surface area contributed by atoms with Crippen molar-refractivity contribution in [2.75, 3.05) is 19.8 Å². The van der Waals surface area contributed by atoms with Gasteiger partial charge < -0.3 is 14.6 Å². The van der Waals surface area contributed by atoms with Crippen LogP contribution in [0.1, 0.15) is 90.4 Å². The number of hydrogen-bond acceptors (Lipinski definition) is 3. The Bertz CT molecular complexity index is 324. The van der Waals surface area contributed by atoms with Crippen molar-refractivity contribution in [1.82, 2.24) is 0 Å². The number of aliphatic hydroxyl groups excluding tert-OH is 1. The predicted molar refractivity (Wildman–Crippen MR) is 95.2 cm³/mol. The zero-order valence-corrected chi connectivity index (χ0v) is 15.1. The summed E-state index contributed by atoms with van der Waals surface area (Å²) in [6, 6.07) is 0. The van der Waals surface area contributed by atoms with Crippen LogP contribution in [0.15, 0.2) is 0 Å². The normalized spacial score (nSPS) is 16.3. The van der Waals surface area contributed by atoms with E-state index in [2.05, 4.69) is 18.8 Å². The Morgan fingerprint density at radius 3 is 1.96 bits per heavy atom. The molecule has 1 rings (SSSR count). The SMILES string of the molecule is CCCCCCC1(CCCCCCC#CCCCO)OCCO1. The van der Waals surface area contributed by atoms with Crippen LogP contribution < -0.4 is 0 Å². The largest absolute Gasteiger partial charge is 0.396 e. The van der Waals surface area contributed by atoms with E-state index in [0.717, 1.165) is 45.3 Å². The molecule has 134 valence electrons. The van der Waals surface area contributed by atoms with Crippen LogP contribution >= 0.6 is 0 Å². The lowest BCUT2D eigenvalue weighted by Gasteiger charge is -2.27. The standard InChI is InChI=1S/C20H36O3/c1-2-3-4-12-15-20(22-18-19-23-20)16-13-10-8-6-5-7-9-11-14-17-21/h21H,2-6,8,10-19H2,1H3. The second-order valence-electron chi connectivity index (χ2n) is 6.51. The molecule has 0 aromatic heterocycles. The Morgan fingerprint density at radius 1 is 0.783 bits per heavy atom. The Kier molecular flexibility index (Phi) is 12.3. The third kappa shape index (κ3) is 10.0. The van der Waals surface area contributed by atoms with Gasteiger partial charge in [-0.05, 0) is 25.7 Å². The first-order chi connectivity index (χ1) is 11.3. The van der Waals surface area contributed by atoms with Crippen molar-refractivity contribution in [2.45, 2.75) is 96.2 Å². The Labute approximate surface area is 143 Å². The maximum absolute atomic E-state index is 8.67. The fourth-order valence-electron chi connectivity index (χ4n) is 3.04. The van der Waals surface area contributed by atoms with Crippen LogP contribution in [0.25, 0.3) is 0 Å². The summed E-state index contributed by atoms with van der Waals surface area (Å²) in [4.78, 5) is 0. The van der Waals surface area contributed by atoms with Gasteiger partial charge in [0.15, 0.2) is 5.79 Å². The van der Waals surface area contributed by atoms with E-state index < -0.39 is 0 Å². The number of aliphatic hydroxyl groups is 1. The third-order valence-electron chi connectivity index (χ3n) is 4.42. The molecule has 3 heteroatoms. The number of unbranched alkanes of at least 4 members (excludes halogenated alkanes) is 8. The van der Waals surface area contributed by atoms with E-state index in [-0.39, 0.29) is 12.4 Å². The van der Waals surface area contributed by atoms with Gasteiger partial charge in [0.1, 0.15) is 0 Å². The molecule has 0 atom stereocenters. The lowest BCUT2D eigenvalue weighted by Crippen LogP contribution is -2.30. The third-order valence-corrected chi connectivity index (χ3v) is 4.42. The highest BCUT2D eigenvalue weighted by Gasteiger charge is 2.34. The molecule has 0 radical (unpaired) electrons. The minimum atomic E-state index is -0.266. The second-order valence-corrected chi connectivity index (χ2v) is 6.51. The van der Waals surface area contributed by atoms with E-state index in [1.165, 1.54) is 51.4 Å². The zero-order valence-electron chi connectivity index (χ0n) is 15.1. The van der Waals surface area contributed by atoms with Crippen LogP contribution in [-0.4, -0.2) is 30.7 Å². The molecule has 23 heavy (non-hydrogen) atoms. The van der Waals surface area contributed by atoms with E-state index in [1.807, 2.05) is 0 Å². The molecule has 0 bridgehead atoms. The summed E-state index contributed by atoms with van der Waals surface area (Å²) in [7, 11) is 0. The van der Waals surface area contributed by atoms with Gasteiger partial charge >= 0.3 is 0 Å². The van der Waals surface area contributed by atoms with Gasteiger partial charge in [0.2, 0.25) is 0 Å². The summed E-state index contributed by atoms with van der Waals surface area (Å²) in [6.07, 6.45) is 14.7. The molecule has 1 saturated heterocycles. The van der Waals surface area contributed by atoms with Gasteiger partial charge in [0, 0.05) is 32.3 Å². The van der Waals surface area contributed by atoms with Gasteiger partial charge in [-0.3, -0.25) is 0 Å². The van der Waals surface area contributed by atoms with Gasteiger partial charge in [-0.15, -0.1) is 11.8 Å². The highest BCUT2D eigenvalue weighted by atomic mass is 16.7. The van der Waals surface area contributed by atoms with Gasteiger partial charge in [0.05, 0.1) is 13.2 Å². The van der Waals surface area contributed by atoms with Crippen LogP contribution in [0.4, 0.5) is 0 Å². The molecule has 0 aromatic carbocycles. The monoisotopic (exact) mass is 324 g/mol. The first-order valence-corrected chi connectivity index (χ1v) is 9.67. The van der Waals surface area contributed by atoms with Crippen molar-refractivity contribution >= 4 is 0 Å². The quantitative estimate of drug-likeness (QED) is 0.390. The van der Waals surface area contributed by atoms with E-state index >= 15 is 0 Å². The fraction of sp³-hybridized carbons (Fsp3) is 0.900. The first kappa shape index (κ1) is 20.5. The van der Waals surface area contributed by atoms with Crippen molar-refractivity contribution in [3.8, 4) is 11.8 Å². The van der Waals surface area contributed by atoms with Crippen molar-refractivity contribution in [1.29, 1.82) is 0 Å². The maximum Gasteiger partial charge on any atom is 0.168 e. The van der Waals surface area contributed by atoms with E-state index in [9.17, 15) is 0 Å². The Hall–Kier alpha value is -0.560. The minimum absolute atomic E-state index is 0.249. The average molecular weight is 325 g/mol. The van der Waals surface area contributed by atoms with Crippen LogP contribution in [-0.2, 0) is 9.47 Å². The Balaban J connectivity index is 2.05. The van der Waals surface area contributed by atoms with E-state index in [4.69, 9.17) is 14.6 Å². The summed E-state index contributed by atoms with van der Waals surface area (Å²) in [5.41, 5.74) is 0. The van der Waals surface area contributed by atoms with Crippen molar-refractivity contribution in [3.63, 3.8) is 0 Å². The lowest BCUT2D eigenvalue weighted by atomic mass is 9.99. The molecule has 1 heterocycles. The second kappa shape index (κ2) is 13.8. The molecule has 1 N–H and O–H groups in total. The number of rotatable bonds is 13. The van der Waals surface area contributed by atoms with Crippen molar-refractivity contribution in [2.24, 2.45) is 0 Å². The molecule has 1 aliphatic rings. The maximum atomic E-state index is 8.67. The van der Waals surface area contributed by atoms with Crippen LogP contribution in [0.5, 0.6) is 0 Å². The molecule has 0 aliphatic carbocycles. The summed E-state index contributed by atoms with van der Waals surface area (Å²) < 4.78 is 11.9. The molecule has 0 saturated carbocycles. The highest BCUT2D eigenvalue weighted by Crippen LogP contribution is 2.31. The molecule has 0 unspecified atom stereocenters. The van der Waals surface area contributed by atoms with Gasteiger partial charge in [0.25, 0.3) is 0 Å². The van der Waals surface area contributed by atoms with Gasteiger partial charge in [-0.25, -0.2) is 0 Å². The molecular formula is C20H36O3. The Morgan fingerprint density at radius 2 is 1.35 bits per heavy atom. The van der Waals surface area contributed by atoms with Crippen molar-refractivity contribution < 1.29 is 14.6 Å². The van der Waals surface area contributed by atoms with Crippen LogP contribution in [0, 0.1) is 11.8 Å². The first-order valence-electron chi connectivity index (χ1n) is 9.67. The van der Waals surface area contributed by atoms with E-state index in [1.54, 1.807) is 0 Å². The van der Waals surface area contributed by atoms with E-state index in [0.29, 0.717) is 0 Å². The zero-order chi connectivity index (χ0) is 16.6. The number of ether oxygens (including phenoxy) is 2. The number of hydrogen-bond donors (Lipinski definition) is 1.